The largest absolute Gasteiger partial charge is 0.0991 e. The Labute approximate surface area is 115 Å². The Morgan fingerprint density at radius 1 is 1.12 bits per heavy atom. The molecule has 98 valence electrons. The molecule has 0 fully saturated rings. The third-order valence-electron chi connectivity index (χ3n) is 2.80. The Hall–Kier alpha value is -0.0800. The van der Waals surface area contributed by atoms with Gasteiger partial charge in [-0.05, 0) is 30.1 Å². The number of rotatable bonds is 9. The highest BCUT2D eigenvalue weighted by Gasteiger charge is 2.10. The molecular weight excluding hydrogens is 244 g/mol. The van der Waals surface area contributed by atoms with E-state index in [1.165, 1.54) is 24.2 Å². The fourth-order valence-corrected chi connectivity index (χ4v) is 4.45. The van der Waals surface area contributed by atoms with Gasteiger partial charge in [0.15, 0.2) is 0 Å². The molecule has 0 radical (unpaired) electrons. The van der Waals surface area contributed by atoms with E-state index < -0.39 is 0 Å². The summed E-state index contributed by atoms with van der Waals surface area (Å²) in [6.07, 6.45) is 11.8. The van der Waals surface area contributed by atoms with Gasteiger partial charge in [-0.3, -0.25) is 0 Å². The van der Waals surface area contributed by atoms with Crippen LogP contribution in [0.5, 0.6) is 0 Å². The van der Waals surface area contributed by atoms with Crippen LogP contribution in [0.1, 0.15) is 47.0 Å². The molecular formula is C15H26S2. The van der Waals surface area contributed by atoms with Crippen LogP contribution in [0.2, 0.25) is 0 Å². The zero-order valence-electron chi connectivity index (χ0n) is 11.6. The van der Waals surface area contributed by atoms with Crippen molar-refractivity contribution in [3.05, 3.63) is 35.8 Å². The molecule has 0 aliphatic rings. The van der Waals surface area contributed by atoms with Crippen molar-refractivity contribution < 1.29 is 0 Å². The smallest absolute Gasteiger partial charge is 0.0149 e. The maximum Gasteiger partial charge on any atom is 0.0149 e. The van der Waals surface area contributed by atoms with E-state index in [2.05, 4.69) is 46.4 Å². The molecule has 2 heteroatoms. The Morgan fingerprint density at radius 3 is 2.24 bits per heavy atom. The molecule has 0 aromatic carbocycles. The van der Waals surface area contributed by atoms with Gasteiger partial charge in [-0.1, -0.05) is 80.2 Å². The fraction of sp³-hybridized carbons (Fsp3) is 0.600. The predicted molar refractivity (Wildman–Crippen MR) is 86.4 cm³/mol. The van der Waals surface area contributed by atoms with Crippen LogP contribution in [0, 0.1) is 5.92 Å². The van der Waals surface area contributed by atoms with Gasteiger partial charge >= 0.3 is 0 Å². The summed E-state index contributed by atoms with van der Waals surface area (Å²) >= 11 is 0. The monoisotopic (exact) mass is 270 g/mol. The minimum absolute atomic E-state index is 0.649. The van der Waals surface area contributed by atoms with Crippen molar-refractivity contribution in [3.8, 4) is 0 Å². The van der Waals surface area contributed by atoms with E-state index in [0.29, 0.717) is 5.92 Å². The number of hydrogen-bond acceptors (Lipinski definition) is 2. The molecule has 0 N–H and O–H groups in total. The highest BCUT2D eigenvalue weighted by atomic mass is 33.1. The molecule has 0 saturated carbocycles. The van der Waals surface area contributed by atoms with Crippen molar-refractivity contribution in [2.75, 3.05) is 0 Å². The van der Waals surface area contributed by atoms with Crippen LogP contribution < -0.4 is 0 Å². The van der Waals surface area contributed by atoms with Gasteiger partial charge in [0.1, 0.15) is 0 Å². The molecule has 0 aliphatic heterocycles. The van der Waals surface area contributed by atoms with Crippen LogP contribution in [-0.4, -0.2) is 5.25 Å². The van der Waals surface area contributed by atoms with E-state index >= 15 is 0 Å². The number of hydrogen-bond donors (Lipinski definition) is 0. The highest BCUT2D eigenvalue weighted by Crippen LogP contribution is 2.40. The summed E-state index contributed by atoms with van der Waals surface area (Å²) in [5, 5.41) is 0.774. The van der Waals surface area contributed by atoms with Gasteiger partial charge in [0.05, 0.1) is 0 Å². The molecule has 0 nitrogen and oxygen atoms in total. The third-order valence-corrected chi connectivity index (χ3v) is 6.25. The zero-order chi connectivity index (χ0) is 13.1. The van der Waals surface area contributed by atoms with Crippen LogP contribution in [0.3, 0.4) is 0 Å². The van der Waals surface area contributed by atoms with E-state index in [4.69, 9.17) is 0 Å². The first-order chi connectivity index (χ1) is 8.19. The van der Waals surface area contributed by atoms with E-state index in [0.717, 1.165) is 5.25 Å². The van der Waals surface area contributed by atoms with Gasteiger partial charge in [-0.2, -0.15) is 0 Å². The van der Waals surface area contributed by atoms with Gasteiger partial charge in [-0.25, -0.2) is 0 Å². The summed E-state index contributed by atoms with van der Waals surface area (Å²) in [6.45, 7) is 12.8. The van der Waals surface area contributed by atoms with Crippen molar-refractivity contribution in [1.82, 2.24) is 0 Å². The second-order valence-electron chi connectivity index (χ2n) is 4.12. The maximum atomic E-state index is 3.70. The highest BCUT2D eigenvalue weighted by molar-refractivity contribution is 8.78. The van der Waals surface area contributed by atoms with Crippen LogP contribution in [0.15, 0.2) is 35.8 Å². The first kappa shape index (κ1) is 16.9. The predicted octanol–water partition coefficient (Wildman–Crippen LogP) is 6.23. The Morgan fingerprint density at radius 2 is 1.76 bits per heavy atom. The van der Waals surface area contributed by atoms with Crippen molar-refractivity contribution in [2.24, 2.45) is 5.92 Å². The van der Waals surface area contributed by atoms with E-state index in [1.807, 2.05) is 33.7 Å². The summed E-state index contributed by atoms with van der Waals surface area (Å²) in [5.74, 6) is 0.649. The molecule has 0 saturated heterocycles. The minimum Gasteiger partial charge on any atom is -0.0991 e. The molecule has 0 aliphatic carbocycles. The number of allylic oxidation sites excluding steroid dienone is 5. The van der Waals surface area contributed by atoms with Gasteiger partial charge in [0, 0.05) is 5.25 Å². The molecule has 17 heavy (non-hydrogen) atoms. The van der Waals surface area contributed by atoms with Crippen LogP contribution >= 0.6 is 21.6 Å². The first-order valence-electron chi connectivity index (χ1n) is 6.52. The van der Waals surface area contributed by atoms with Crippen molar-refractivity contribution in [1.29, 1.82) is 0 Å². The summed E-state index contributed by atoms with van der Waals surface area (Å²) < 4.78 is 0. The molecule has 0 amide bonds. The Balaban J connectivity index is 4.43. The van der Waals surface area contributed by atoms with Gasteiger partial charge in [0.25, 0.3) is 0 Å². The molecule has 0 rings (SSSR count). The average molecular weight is 271 g/mol. The lowest BCUT2D eigenvalue weighted by Crippen LogP contribution is -1.98. The van der Waals surface area contributed by atoms with Gasteiger partial charge < -0.3 is 0 Å². The molecule has 0 aromatic heterocycles. The van der Waals surface area contributed by atoms with Crippen LogP contribution in [0.25, 0.3) is 0 Å². The Bertz CT molecular complexity index is 250. The molecule has 0 heterocycles. The normalized spacial score (nSPS) is 14.5. The van der Waals surface area contributed by atoms with Gasteiger partial charge in [0.2, 0.25) is 0 Å². The van der Waals surface area contributed by atoms with Crippen molar-refractivity contribution in [3.63, 3.8) is 0 Å². The summed E-state index contributed by atoms with van der Waals surface area (Å²) in [5.41, 5.74) is 0. The summed E-state index contributed by atoms with van der Waals surface area (Å²) in [7, 11) is 3.97. The fourth-order valence-electron chi connectivity index (χ4n) is 1.25. The van der Waals surface area contributed by atoms with Crippen molar-refractivity contribution >= 4 is 21.6 Å². The SMILES string of the molecule is C=C/C=C\C=C(\SSC(CC)CC)C(C)CC. The lowest BCUT2D eigenvalue weighted by molar-refractivity contribution is 0.688. The van der Waals surface area contributed by atoms with Crippen LogP contribution in [-0.2, 0) is 0 Å². The second-order valence-corrected chi connectivity index (χ2v) is 6.69. The summed E-state index contributed by atoms with van der Waals surface area (Å²) in [4.78, 5) is 1.47. The standard InChI is InChI=1S/C15H26S2/c1-6-10-11-12-15(13(5)7-2)17-16-14(8-3)9-4/h6,10-14H,1,7-9H2,2-5H3/b11-10-,15-12+. The van der Waals surface area contributed by atoms with E-state index in [9.17, 15) is 0 Å². The quantitative estimate of drug-likeness (QED) is 0.360. The molecule has 0 bridgehead atoms. The van der Waals surface area contributed by atoms with E-state index in [1.54, 1.807) is 0 Å². The maximum absolute atomic E-state index is 3.70. The van der Waals surface area contributed by atoms with Crippen LogP contribution in [0.4, 0.5) is 0 Å². The lowest BCUT2D eigenvalue weighted by atomic mass is 10.1. The minimum atomic E-state index is 0.649. The summed E-state index contributed by atoms with van der Waals surface area (Å²) in [6, 6.07) is 0. The molecule has 0 spiro atoms. The molecule has 1 atom stereocenters. The Kier molecular flexibility index (Phi) is 11.0. The van der Waals surface area contributed by atoms with Gasteiger partial charge in [-0.15, -0.1) is 0 Å². The van der Waals surface area contributed by atoms with Crippen molar-refractivity contribution in [2.45, 2.75) is 52.2 Å². The topological polar surface area (TPSA) is 0 Å². The molecule has 1 unspecified atom stereocenters. The third kappa shape index (κ3) is 7.77. The second kappa shape index (κ2) is 11.0. The molecule has 0 aromatic rings. The average Bonchev–Trinajstić information content (AvgIpc) is 2.37. The zero-order valence-corrected chi connectivity index (χ0v) is 13.2. The lowest BCUT2D eigenvalue weighted by Gasteiger charge is -2.16. The van der Waals surface area contributed by atoms with E-state index in [-0.39, 0.29) is 0 Å². The first-order valence-corrected chi connectivity index (χ1v) is 8.73.